The molecule has 0 saturated carbocycles. The third-order valence-corrected chi connectivity index (χ3v) is 3.36. The van der Waals surface area contributed by atoms with Gasteiger partial charge >= 0.3 is 5.97 Å². The molecule has 0 amide bonds. The minimum atomic E-state index is -0.686. The van der Waals surface area contributed by atoms with Crippen molar-refractivity contribution in [3.8, 4) is 0 Å². The number of nitrogens with one attached hydrogen (secondary N) is 1. The maximum atomic E-state index is 13.8. The summed E-state index contributed by atoms with van der Waals surface area (Å²) in [5, 5.41) is 3.74. The van der Waals surface area contributed by atoms with Crippen molar-refractivity contribution >= 4 is 23.3 Å². The van der Waals surface area contributed by atoms with Crippen molar-refractivity contribution in [1.29, 1.82) is 0 Å². The third kappa shape index (κ3) is 3.73. The molecule has 0 saturated heterocycles. The topological polar surface area (TPSA) is 38.3 Å². The fourth-order valence-corrected chi connectivity index (χ4v) is 2.21. The van der Waals surface area contributed by atoms with Gasteiger partial charge in [0.25, 0.3) is 0 Å². The Morgan fingerprint density at radius 3 is 2.67 bits per heavy atom. The van der Waals surface area contributed by atoms with E-state index >= 15 is 0 Å². The zero-order valence-corrected chi connectivity index (χ0v) is 12.5. The Morgan fingerprint density at radius 1 is 1.29 bits per heavy atom. The summed E-state index contributed by atoms with van der Waals surface area (Å²) in [7, 11) is 1.22. The van der Waals surface area contributed by atoms with E-state index in [2.05, 4.69) is 10.1 Å². The molecule has 0 unspecified atom stereocenters. The number of carbonyl (C=O) groups excluding carboxylic acids is 1. The fraction of sp³-hybridized carbons (Fsp3) is 0.188. The van der Waals surface area contributed by atoms with Crippen molar-refractivity contribution in [3.63, 3.8) is 0 Å². The second-order valence-corrected chi connectivity index (χ2v) is 5.05. The van der Waals surface area contributed by atoms with Gasteiger partial charge in [-0.15, -0.1) is 0 Å². The fourth-order valence-electron chi connectivity index (χ4n) is 1.90. The summed E-state index contributed by atoms with van der Waals surface area (Å²) >= 11 is 6.11. The summed E-state index contributed by atoms with van der Waals surface area (Å²) in [6, 6.07) is 10.1. The zero-order valence-electron chi connectivity index (χ0n) is 11.7. The van der Waals surface area contributed by atoms with Gasteiger partial charge in [0.05, 0.1) is 23.4 Å². The van der Waals surface area contributed by atoms with Crippen LogP contribution in [0, 0.1) is 12.7 Å². The Balaban J connectivity index is 2.10. The van der Waals surface area contributed by atoms with Crippen molar-refractivity contribution in [2.45, 2.75) is 13.5 Å². The molecule has 0 aliphatic carbocycles. The lowest BCUT2D eigenvalue weighted by Gasteiger charge is -2.10. The molecule has 2 rings (SSSR count). The number of benzene rings is 2. The first-order valence-electron chi connectivity index (χ1n) is 6.38. The minimum Gasteiger partial charge on any atom is -0.465 e. The molecule has 3 nitrogen and oxygen atoms in total. The number of esters is 1. The molecule has 0 aliphatic rings. The average molecular weight is 308 g/mol. The molecule has 0 bridgehead atoms. The van der Waals surface area contributed by atoms with Gasteiger partial charge in [0.1, 0.15) is 5.82 Å². The SMILES string of the molecule is COC(=O)c1ccc(CNc2ccc(C)cc2Cl)cc1F. The van der Waals surface area contributed by atoms with Crippen LogP contribution in [-0.4, -0.2) is 13.1 Å². The number of anilines is 1. The van der Waals surface area contributed by atoms with Crippen LogP contribution in [0.25, 0.3) is 0 Å². The molecular weight excluding hydrogens is 293 g/mol. The first-order valence-corrected chi connectivity index (χ1v) is 6.76. The number of methoxy groups -OCH3 is 1. The van der Waals surface area contributed by atoms with Crippen LogP contribution in [0.5, 0.6) is 0 Å². The molecule has 0 atom stereocenters. The highest BCUT2D eigenvalue weighted by Gasteiger charge is 2.12. The largest absolute Gasteiger partial charge is 0.465 e. The molecule has 2 aromatic rings. The quantitative estimate of drug-likeness (QED) is 0.861. The maximum absolute atomic E-state index is 13.8. The van der Waals surface area contributed by atoms with E-state index in [1.54, 1.807) is 6.07 Å². The number of ether oxygens (including phenoxy) is 1. The maximum Gasteiger partial charge on any atom is 0.340 e. The van der Waals surface area contributed by atoms with Crippen LogP contribution in [0.2, 0.25) is 5.02 Å². The highest BCUT2D eigenvalue weighted by atomic mass is 35.5. The molecular formula is C16H15ClFNO2. The van der Waals surface area contributed by atoms with Gasteiger partial charge in [0, 0.05) is 6.54 Å². The molecule has 1 N–H and O–H groups in total. The van der Waals surface area contributed by atoms with Crippen molar-refractivity contribution in [2.24, 2.45) is 0 Å². The first-order chi connectivity index (χ1) is 10.0. The molecule has 2 aromatic carbocycles. The van der Waals surface area contributed by atoms with E-state index in [9.17, 15) is 9.18 Å². The summed E-state index contributed by atoms with van der Waals surface area (Å²) in [6.07, 6.45) is 0. The lowest BCUT2D eigenvalue weighted by Crippen LogP contribution is -2.06. The van der Waals surface area contributed by atoms with Crippen LogP contribution in [0.15, 0.2) is 36.4 Å². The highest BCUT2D eigenvalue weighted by molar-refractivity contribution is 6.33. The molecule has 21 heavy (non-hydrogen) atoms. The van der Waals surface area contributed by atoms with Crippen LogP contribution in [-0.2, 0) is 11.3 Å². The third-order valence-electron chi connectivity index (χ3n) is 3.05. The number of rotatable bonds is 4. The van der Waals surface area contributed by atoms with Gasteiger partial charge in [-0.25, -0.2) is 9.18 Å². The Morgan fingerprint density at radius 2 is 2.05 bits per heavy atom. The molecule has 0 heterocycles. The van der Waals surface area contributed by atoms with Crippen LogP contribution in [0.4, 0.5) is 10.1 Å². The predicted octanol–water partition coefficient (Wildman–Crippen LogP) is 4.19. The van der Waals surface area contributed by atoms with E-state index in [1.165, 1.54) is 19.2 Å². The summed E-state index contributed by atoms with van der Waals surface area (Å²) in [4.78, 5) is 11.3. The molecule has 5 heteroatoms. The summed E-state index contributed by atoms with van der Waals surface area (Å²) in [6.45, 7) is 2.36. The van der Waals surface area contributed by atoms with Gasteiger partial charge in [0.15, 0.2) is 0 Å². The van der Waals surface area contributed by atoms with Gasteiger partial charge in [0.2, 0.25) is 0 Å². The van der Waals surface area contributed by atoms with E-state index in [1.807, 2.05) is 25.1 Å². The van der Waals surface area contributed by atoms with Crippen molar-refractivity contribution in [2.75, 3.05) is 12.4 Å². The number of carbonyl (C=O) groups is 1. The van der Waals surface area contributed by atoms with Crippen LogP contribution < -0.4 is 5.32 Å². The number of hydrogen-bond donors (Lipinski definition) is 1. The molecule has 0 aromatic heterocycles. The van der Waals surface area contributed by atoms with Gasteiger partial charge < -0.3 is 10.1 Å². The smallest absolute Gasteiger partial charge is 0.340 e. The van der Waals surface area contributed by atoms with E-state index in [4.69, 9.17) is 11.6 Å². The average Bonchev–Trinajstić information content (AvgIpc) is 2.45. The number of hydrogen-bond acceptors (Lipinski definition) is 3. The predicted molar refractivity (Wildman–Crippen MR) is 81.3 cm³/mol. The minimum absolute atomic E-state index is 0.0744. The van der Waals surface area contributed by atoms with Crippen LogP contribution >= 0.6 is 11.6 Å². The summed E-state index contributed by atoms with van der Waals surface area (Å²) in [5.41, 5.74) is 2.48. The normalized spacial score (nSPS) is 10.3. The summed E-state index contributed by atoms with van der Waals surface area (Å²) in [5.74, 6) is -1.29. The standard InChI is InChI=1S/C16H15ClFNO2/c1-10-3-6-15(13(17)7-10)19-9-11-4-5-12(14(18)8-11)16(20)21-2/h3-8,19H,9H2,1-2H3. The van der Waals surface area contributed by atoms with Crippen molar-refractivity contribution in [3.05, 3.63) is 63.9 Å². The summed E-state index contributed by atoms with van der Waals surface area (Å²) < 4.78 is 18.3. The molecule has 0 fully saturated rings. The second-order valence-electron chi connectivity index (χ2n) is 4.64. The van der Waals surface area contributed by atoms with E-state index in [0.29, 0.717) is 17.1 Å². The lowest BCUT2D eigenvalue weighted by molar-refractivity contribution is 0.0595. The first kappa shape index (κ1) is 15.3. The van der Waals surface area contributed by atoms with Crippen molar-refractivity contribution in [1.82, 2.24) is 0 Å². The second kappa shape index (κ2) is 6.59. The molecule has 0 aliphatic heterocycles. The van der Waals surface area contributed by atoms with E-state index < -0.39 is 11.8 Å². The Kier molecular flexibility index (Phi) is 4.81. The monoisotopic (exact) mass is 307 g/mol. The van der Waals surface area contributed by atoms with Crippen LogP contribution in [0.3, 0.4) is 0 Å². The van der Waals surface area contributed by atoms with Crippen molar-refractivity contribution < 1.29 is 13.9 Å². The van der Waals surface area contributed by atoms with Gasteiger partial charge in [-0.05, 0) is 42.3 Å². The Labute approximate surface area is 127 Å². The highest BCUT2D eigenvalue weighted by Crippen LogP contribution is 2.23. The van der Waals surface area contributed by atoms with Gasteiger partial charge in [-0.3, -0.25) is 0 Å². The van der Waals surface area contributed by atoms with Gasteiger partial charge in [-0.2, -0.15) is 0 Å². The molecule has 0 radical (unpaired) electrons. The lowest BCUT2D eigenvalue weighted by atomic mass is 10.1. The number of halogens is 2. The molecule has 110 valence electrons. The number of aryl methyl sites for hydroxylation is 1. The van der Waals surface area contributed by atoms with Crippen LogP contribution in [0.1, 0.15) is 21.5 Å². The van der Waals surface area contributed by atoms with E-state index in [0.717, 1.165) is 11.3 Å². The zero-order chi connectivity index (χ0) is 15.4. The van der Waals surface area contributed by atoms with E-state index in [-0.39, 0.29) is 5.56 Å². The Hall–Kier alpha value is -2.07. The van der Waals surface area contributed by atoms with Gasteiger partial charge in [-0.1, -0.05) is 23.7 Å². The Bertz CT molecular complexity index is 673. The molecule has 0 spiro atoms.